The van der Waals surface area contributed by atoms with Gasteiger partial charge in [0.05, 0.1) is 25.4 Å². The second-order valence-electron chi connectivity index (χ2n) is 5.86. The Balaban J connectivity index is 1.67. The third-order valence-electron chi connectivity index (χ3n) is 4.28. The summed E-state index contributed by atoms with van der Waals surface area (Å²) in [4.78, 5) is 26.4. The highest BCUT2D eigenvalue weighted by Crippen LogP contribution is 2.23. The average molecular weight is 327 g/mol. The Kier molecular flexibility index (Phi) is 4.96. The standard InChI is InChI=1S/C18H21N3O3/c1-19-18(23)16-9-13-5-2-3-6-14(13)11-21(16)12-17(22)20-10-15-7-4-8-24-15/h2-8,16H,9-12H2,1H3,(H,19,23)(H,20,22)/t16-/m0/s1. The molecule has 1 aliphatic rings. The van der Waals surface area contributed by atoms with Crippen molar-refractivity contribution >= 4 is 11.8 Å². The van der Waals surface area contributed by atoms with E-state index in [1.54, 1.807) is 19.4 Å². The number of nitrogens with zero attached hydrogens (tertiary/aromatic N) is 1. The first-order valence-corrected chi connectivity index (χ1v) is 7.99. The lowest BCUT2D eigenvalue weighted by atomic mass is 9.93. The molecule has 1 aromatic carbocycles. The molecule has 0 spiro atoms. The number of likely N-dealkylation sites (N-methyl/N-ethyl adjacent to an activating group) is 1. The molecule has 126 valence electrons. The molecule has 2 aromatic rings. The van der Waals surface area contributed by atoms with Gasteiger partial charge in [-0.2, -0.15) is 0 Å². The van der Waals surface area contributed by atoms with E-state index in [-0.39, 0.29) is 24.4 Å². The van der Waals surface area contributed by atoms with Crippen molar-refractivity contribution in [3.05, 3.63) is 59.5 Å². The van der Waals surface area contributed by atoms with Crippen LogP contribution in [0.15, 0.2) is 47.1 Å². The fourth-order valence-corrected chi connectivity index (χ4v) is 3.01. The zero-order valence-corrected chi connectivity index (χ0v) is 13.6. The molecule has 0 saturated carbocycles. The van der Waals surface area contributed by atoms with E-state index in [1.807, 2.05) is 35.2 Å². The summed E-state index contributed by atoms with van der Waals surface area (Å²) in [5.41, 5.74) is 2.33. The maximum absolute atomic E-state index is 12.2. The van der Waals surface area contributed by atoms with Gasteiger partial charge in [-0.1, -0.05) is 24.3 Å². The van der Waals surface area contributed by atoms with Crippen LogP contribution < -0.4 is 10.6 Å². The molecule has 0 radical (unpaired) electrons. The first-order valence-electron chi connectivity index (χ1n) is 7.99. The van der Waals surface area contributed by atoms with Crippen molar-refractivity contribution in [1.29, 1.82) is 0 Å². The smallest absolute Gasteiger partial charge is 0.237 e. The lowest BCUT2D eigenvalue weighted by molar-refractivity contribution is -0.129. The van der Waals surface area contributed by atoms with Crippen molar-refractivity contribution in [2.24, 2.45) is 0 Å². The number of carbonyl (C=O) groups is 2. The van der Waals surface area contributed by atoms with Gasteiger partial charge in [-0.3, -0.25) is 14.5 Å². The highest BCUT2D eigenvalue weighted by atomic mass is 16.3. The highest BCUT2D eigenvalue weighted by molar-refractivity contribution is 5.84. The van der Waals surface area contributed by atoms with E-state index in [9.17, 15) is 9.59 Å². The van der Waals surface area contributed by atoms with Crippen LogP contribution in [0, 0.1) is 0 Å². The molecule has 1 aromatic heterocycles. The van der Waals surface area contributed by atoms with Crippen molar-refractivity contribution in [2.45, 2.75) is 25.6 Å². The van der Waals surface area contributed by atoms with Gasteiger partial charge in [-0.25, -0.2) is 0 Å². The number of hydrogen-bond acceptors (Lipinski definition) is 4. The quantitative estimate of drug-likeness (QED) is 0.861. The van der Waals surface area contributed by atoms with Gasteiger partial charge in [-0.15, -0.1) is 0 Å². The Morgan fingerprint density at radius 3 is 2.71 bits per heavy atom. The number of benzene rings is 1. The van der Waals surface area contributed by atoms with Gasteiger partial charge in [0.2, 0.25) is 11.8 Å². The van der Waals surface area contributed by atoms with Crippen LogP contribution in [-0.2, 0) is 29.1 Å². The fourth-order valence-electron chi connectivity index (χ4n) is 3.01. The maximum atomic E-state index is 12.2. The summed E-state index contributed by atoms with van der Waals surface area (Å²) >= 11 is 0. The Labute approximate surface area is 140 Å². The van der Waals surface area contributed by atoms with Crippen molar-refractivity contribution in [1.82, 2.24) is 15.5 Å². The molecule has 0 saturated heterocycles. The van der Waals surface area contributed by atoms with Crippen LogP contribution in [0.4, 0.5) is 0 Å². The molecule has 6 nitrogen and oxygen atoms in total. The lowest BCUT2D eigenvalue weighted by Crippen LogP contribution is -2.52. The van der Waals surface area contributed by atoms with E-state index in [0.717, 1.165) is 5.56 Å². The van der Waals surface area contributed by atoms with Crippen LogP contribution in [0.1, 0.15) is 16.9 Å². The summed E-state index contributed by atoms with van der Waals surface area (Å²) in [6, 6.07) is 11.3. The van der Waals surface area contributed by atoms with Crippen LogP contribution in [0.5, 0.6) is 0 Å². The van der Waals surface area contributed by atoms with Gasteiger partial charge in [0.15, 0.2) is 0 Å². The van der Waals surface area contributed by atoms with Crippen molar-refractivity contribution in [3.8, 4) is 0 Å². The van der Waals surface area contributed by atoms with Crippen LogP contribution in [0.2, 0.25) is 0 Å². The number of hydrogen-bond donors (Lipinski definition) is 2. The molecule has 1 atom stereocenters. The van der Waals surface area contributed by atoms with Crippen LogP contribution in [0.3, 0.4) is 0 Å². The predicted octanol–water partition coefficient (Wildman–Crippen LogP) is 1.07. The van der Waals surface area contributed by atoms with Gasteiger partial charge in [0.1, 0.15) is 5.76 Å². The minimum atomic E-state index is -0.334. The van der Waals surface area contributed by atoms with E-state index >= 15 is 0 Å². The lowest BCUT2D eigenvalue weighted by Gasteiger charge is -2.35. The van der Waals surface area contributed by atoms with Gasteiger partial charge in [0.25, 0.3) is 0 Å². The molecule has 0 aliphatic carbocycles. The molecule has 6 heteroatoms. The summed E-state index contributed by atoms with van der Waals surface area (Å²) < 4.78 is 5.20. The zero-order chi connectivity index (χ0) is 16.9. The second-order valence-corrected chi connectivity index (χ2v) is 5.86. The fraction of sp³-hybridized carbons (Fsp3) is 0.333. The monoisotopic (exact) mass is 327 g/mol. The molecular weight excluding hydrogens is 306 g/mol. The van der Waals surface area contributed by atoms with E-state index in [2.05, 4.69) is 10.6 Å². The molecule has 2 heterocycles. The summed E-state index contributed by atoms with van der Waals surface area (Å²) in [5, 5.41) is 5.52. The van der Waals surface area contributed by atoms with Gasteiger partial charge >= 0.3 is 0 Å². The number of nitrogens with one attached hydrogen (secondary N) is 2. The minimum absolute atomic E-state index is 0.0664. The largest absolute Gasteiger partial charge is 0.467 e. The topological polar surface area (TPSA) is 74.6 Å². The number of rotatable bonds is 5. The van der Waals surface area contributed by atoms with Crippen molar-refractivity contribution < 1.29 is 14.0 Å². The van der Waals surface area contributed by atoms with E-state index in [1.165, 1.54) is 5.56 Å². The third kappa shape index (κ3) is 3.65. The Morgan fingerprint density at radius 2 is 2.00 bits per heavy atom. The number of furan rings is 1. The normalized spacial score (nSPS) is 17.1. The average Bonchev–Trinajstić information content (AvgIpc) is 3.12. The molecule has 1 aliphatic heterocycles. The van der Waals surface area contributed by atoms with Crippen LogP contribution >= 0.6 is 0 Å². The SMILES string of the molecule is CNC(=O)[C@@H]1Cc2ccccc2CN1CC(=O)NCc1ccco1. The molecule has 2 N–H and O–H groups in total. The summed E-state index contributed by atoms with van der Waals surface area (Å²) in [7, 11) is 1.62. The molecule has 0 fully saturated rings. The molecular formula is C18H21N3O3. The van der Waals surface area contributed by atoms with E-state index < -0.39 is 0 Å². The Hall–Kier alpha value is -2.60. The molecule has 2 amide bonds. The predicted molar refractivity (Wildman–Crippen MR) is 89.0 cm³/mol. The third-order valence-corrected chi connectivity index (χ3v) is 4.28. The number of fused-ring (bicyclic) bond motifs is 1. The summed E-state index contributed by atoms with van der Waals surface area (Å²) in [5.74, 6) is 0.512. The van der Waals surface area contributed by atoms with Gasteiger partial charge in [-0.05, 0) is 29.7 Å². The van der Waals surface area contributed by atoms with Crippen molar-refractivity contribution in [3.63, 3.8) is 0 Å². The van der Waals surface area contributed by atoms with Gasteiger partial charge in [0, 0.05) is 13.6 Å². The number of carbonyl (C=O) groups excluding carboxylic acids is 2. The molecule has 0 bridgehead atoms. The maximum Gasteiger partial charge on any atom is 0.237 e. The zero-order valence-electron chi connectivity index (χ0n) is 13.6. The second kappa shape index (κ2) is 7.31. The van der Waals surface area contributed by atoms with Crippen LogP contribution in [-0.4, -0.2) is 36.3 Å². The van der Waals surface area contributed by atoms with E-state index in [0.29, 0.717) is 25.3 Å². The Morgan fingerprint density at radius 1 is 1.21 bits per heavy atom. The summed E-state index contributed by atoms with van der Waals surface area (Å²) in [6.45, 7) is 1.11. The Bertz CT molecular complexity index is 712. The molecule has 0 unspecified atom stereocenters. The van der Waals surface area contributed by atoms with E-state index in [4.69, 9.17) is 4.42 Å². The summed E-state index contributed by atoms with van der Waals surface area (Å²) in [6.07, 6.45) is 2.19. The van der Waals surface area contributed by atoms with Crippen molar-refractivity contribution in [2.75, 3.05) is 13.6 Å². The first-order chi connectivity index (χ1) is 11.7. The molecule has 24 heavy (non-hydrogen) atoms. The number of amides is 2. The van der Waals surface area contributed by atoms with Crippen LogP contribution in [0.25, 0.3) is 0 Å². The van der Waals surface area contributed by atoms with Gasteiger partial charge < -0.3 is 15.1 Å². The minimum Gasteiger partial charge on any atom is -0.467 e. The first kappa shape index (κ1) is 16.3. The molecule has 3 rings (SSSR count). The highest BCUT2D eigenvalue weighted by Gasteiger charge is 2.31.